The molecule has 0 saturated carbocycles. The molecule has 0 aliphatic carbocycles. The summed E-state index contributed by atoms with van der Waals surface area (Å²) in [4.78, 5) is 10.6. The molecule has 1 aliphatic rings. The quantitative estimate of drug-likeness (QED) is 0.567. The highest BCUT2D eigenvalue weighted by Crippen LogP contribution is 2.11. The first-order chi connectivity index (χ1) is 4.70. The molecule has 10 heavy (non-hydrogen) atoms. The lowest BCUT2D eigenvalue weighted by Gasteiger charge is -2.12. The fourth-order valence-corrected chi connectivity index (χ4v) is 1.11. The Morgan fingerprint density at radius 3 is 2.70 bits per heavy atom. The van der Waals surface area contributed by atoms with E-state index in [-0.39, 0.29) is 11.9 Å². The lowest BCUT2D eigenvalue weighted by Crippen LogP contribution is -2.37. The third kappa shape index (κ3) is 1.70. The molecule has 2 atom stereocenters. The first kappa shape index (κ1) is 7.54. The molecule has 1 saturated heterocycles. The van der Waals surface area contributed by atoms with Gasteiger partial charge in [-0.15, -0.1) is 0 Å². The zero-order chi connectivity index (χ0) is 7.56. The average molecular weight is 143 g/mol. The Kier molecular flexibility index (Phi) is 2.27. The van der Waals surface area contributed by atoms with Crippen molar-refractivity contribution in [3.05, 3.63) is 0 Å². The van der Waals surface area contributed by atoms with Gasteiger partial charge in [-0.05, 0) is 0 Å². The van der Waals surface area contributed by atoms with Crippen molar-refractivity contribution in [2.75, 3.05) is 13.2 Å². The molecule has 0 bridgehead atoms. The summed E-state index contributed by atoms with van der Waals surface area (Å²) in [5.41, 5.74) is 0. The highest BCUT2D eigenvalue weighted by molar-refractivity contribution is 5.73. The molecular formula is C7H13NO2. The molecule has 58 valence electrons. The molecule has 1 unspecified atom stereocenters. The Morgan fingerprint density at radius 2 is 2.30 bits per heavy atom. The van der Waals surface area contributed by atoms with Crippen LogP contribution in [0.4, 0.5) is 0 Å². The third-order valence-electron chi connectivity index (χ3n) is 1.75. The van der Waals surface area contributed by atoms with Crippen LogP contribution < -0.4 is 5.32 Å². The molecule has 1 rings (SSSR count). The lowest BCUT2D eigenvalue weighted by atomic mass is 10.1. The van der Waals surface area contributed by atoms with Gasteiger partial charge in [-0.25, -0.2) is 0 Å². The van der Waals surface area contributed by atoms with Gasteiger partial charge in [-0.1, -0.05) is 6.92 Å². The van der Waals surface area contributed by atoms with E-state index in [9.17, 15) is 4.79 Å². The van der Waals surface area contributed by atoms with E-state index in [0.29, 0.717) is 12.5 Å². The van der Waals surface area contributed by atoms with Crippen molar-refractivity contribution in [2.45, 2.75) is 19.9 Å². The topological polar surface area (TPSA) is 38.3 Å². The molecule has 0 aromatic heterocycles. The SMILES string of the molecule is CC(=O)NC1COC[C@H]1C. The Hall–Kier alpha value is -0.570. The minimum Gasteiger partial charge on any atom is -0.379 e. The number of hydrogen-bond acceptors (Lipinski definition) is 2. The molecule has 0 spiro atoms. The van der Waals surface area contributed by atoms with Crippen LogP contribution >= 0.6 is 0 Å². The van der Waals surface area contributed by atoms with E-state index in [2.05, 4.69) is 12.2 Å². The summed E-state index contributed by atoms with van der Waals surface area (Å²) in [7, 11) is 0. The number of carbonyl (C=O) groups excluding carboxylic acids is 1. The number of nitrogens with one attached hydrogen (secondary N) is 1. The molecule has 1 heterocycles. The number of rotatable bonds is 1. The monoisotopic (exact) mass is 143 g/mol. The molecule has 0 aromatic carbocycles. The molecular weight excluding hydrogens is 130 g/mol. The van der Waals surface area contributed by atoms with E-state index in [4.69, 9.17) is 4.74 Å². The van der Waals surface area contributed by atoms with Gasteiger partial charge in [0.05, 0.1) is 19.3 Å². The average Bonchev–Trinajstić information content (AvgIpc) is 2.15. The normalized spacial score (nSPS) is 32.2. The van der Waals surface area contributed by atoms with Crippen molar-refractivity contribution in [1.82, 2.24) is 5.32 Å². The minimum atomic E-state index is 0.0300. The second-order valence-electron chi connectivity index (χ2n) is 2.82. The van der Waals surface area contributed by atoms with Crippen LogP contribution in [0, 0.1) is 5.92 Å². The number of hydrogen-bond donors (Lipinski definition) is 1. The van der Waals surface area contributed by atoms with E-state index in [0.717, 1.165) is 6.61 Å². The molecule has 1 aliphatic heterocycles. The maximum atomic E-state index is 10.6. The van der Waals surface area contributed by atoms with Crippen LogP contribution in [0.3, 0.4) is 0 Å². The van der Waals surface area contributed by atoms with Gasteiger partial charge in [0.15, 0.2) is 0 Å². The molecule has 3 nitrogen and oxygen atoms in total. The summed E-state index contributed by atoms with van der Waals surface area (Å²) >= 11 is 0. The first-order valence-electron chi connectivity index (χ1n) is 3.55. The van der Waals surface area contributed by atoms with Crippen molar-refractivity contribution >= 4 is 5.91 Å². The predicted octanol–water partition coefficient (Wildman–Crippen LogP) is 0.157. The lowest BCUT2D eigenvalue weighted by molar-refractivity contribution is -0.119. The van der Waals surface area contributed by atoms with Gasteiger partial charge >= 0.3 is 0 Å². The predicted molar refractivity (Wildman–Crippen MR) is 37.6 cm³/mol. The fourth-order valence-electron chi connectivity index (χ4n) is 1.11. The molecule has 0 aromatic rings. The Morgan fingerprint density at radius 1 is 1.60 bits per heavy atom. The fraction of sp³-hybridized carbons (Fsp3) is 0.857. The standard InChI is InChI=1S/C7H13NO2/c1-5-3-10-4-7(5)8-6(2)9/h5,7H,3-4H2,1-2H3,(H,8,9)/t5-,7?/m1/s1. The number of carbonyl (C=O) groups is 1. The second-order valence-corrected chi connectivity index (χ2v) is 2.82. The van der Waals surface area contributed by atoms with E-state index in [1.54, 1.807) is 0 Å². The molecule has 1 amide bonds. The first-order valence-corrected chi connectivity index (χ1v) is 3.55. The summed E-state index contributed by atoms with van der Waals surface area (Å²) in [5, 5.41) is 2.83. The van der Waals surface area contributed by atoms with E-state index >= 15 is 0 Å². The van der Waals surface area contributed by atoms with Crippen molar-refractivity contribution in [1.29, 1.82) is 0 Å². The maximum absolute atomic E-state index is 10.6. The van der Waals surface area contributed by atoms with Crippen LogP contribution in [-0.4, -0.2) is 25.2 Å². The Labute approximate surface area is 60.7 Å². The summed E-state index contributed by atoms with van der Waals surface area (Å²) in [6, 6.07) is 0.234. The van der Waals surface area contributed by atoms with Gasteiger partial charge in [0.25, 0.3) is 0 Å². The molecule has 1 N–H and O–H groups in total. The summed E-state index contributed by atoms with van der Waals surface area (Å²) in [6.07, 6.45) is 0. The number of ether oxygens (including phenoxy) is 1. The second kappa shape index (κ2) is 3.01. The van der Waals surface area contributed by atoms with E-state index in [1.807, 2.05) is 0 Å². The van der Waals surface area contributed by atoms with Gasteiger partial charge in [0.2, 0.25) is 5.91 Å². The highest BCUT2D eigenvalue weighted by atomic mass is 16.5. The maximum Gasteiger partial charge on any atom is 0.217 e. The number of amides is 1. The zero-order valence-corrected chi connectivity index (χ0v) is 6.39. The highest BCUT2D eigenvalue weighted by Gasteiger charge is 2.24. The Balaban J connectivity index is 2.33. The van der Waals surface area contributed by atoms with Gasteiger partial charge < -0.3 is 10.1 Å². The van der Waals surface area contributed by atoms with Crippen LogP contribution in [-0.2, 0) is 9.53 Å². The van der Waals surface area contributed by atoms with Crippen molar-refractivity contribution < 1.29 is 9.53 Å². The van der Waals surface area contributed by atoms with Crippen LogP contribution in [0.2, 0.25) is 0 Å². The minimum absolute atomic E-state index is 0.0300. The summed E-state index contributed by atoms with van der Waals surface area (Å²) < 4.78 is 5.16. The van der Waals surface area contributed by atoms with Gasteiger partial charge in [0.1, 0.15) is 0 Å². The van der Waals surface area contributed by atoms with Crippen molar-refractivity contribution in [2.24, 2.45) is 5.92 Å². The van der Waals surface area contributed by atoms with Crippen molar-refractivity contribution in [3.8, 4) is 0 Å². The smallest absolute Gasteiger partial charge is 0.217 e. The van der Waals surface area contributed by atoms with Crippen LogP contribution in [0.1, 0.15) is 13.8 Å². The molecule has 0 radical (unpaired) electrons. The van der Waals surface area contributed by atoms with Gasteiger partial charge in [-0.2, -0.15) is 0 Å². The van der Waals surface area contributed by atoms with Crippen LogP contribution in [0.15, 0.2) is 0 Å². The molecule has 1 fully saturated rings. The van der Waals surface area contributed by atoms with Crippen molar-refractivity contribution in [3.63, 3.8) is 0 Å². The van der Waals surface area contributed by atoms with Crippen LogP contribution in [0.25, 0.3) is 0 Å². The molecule has 3 heteroatoms. The van der Waals surface area contributed by atoms with Gasteiger partial charge in [-0.3, -0.25) is 4.79 Å². The van der Waals surface area contributed by atoms with Gasteiger partial charge in [0, 0.05) is 12.8 Å². The summed E-state index contributed by atoms with van der Waals surface area (Å²) in [6.45, 7) is 5.05. The van der Waals surface area contributed by atoms with Crippen LogP contribution in [0.5, 0.6) is 0 Å². The van der Waals surface area contributed by atoms with E-state index in [1.165, 1.54) is 6.92 Å². The largest absolute Gasteiger partial charge is 0.379 e. The summed E-state index contributed by atoms with van der Waals surface area (Å²) in [5.74, 6) is 0.492. The Bertz CT molecular complexity index is 136. The zero-order valence-electron chi connectivity index (χ0n) is 6.39. The third-order valence-corrected chi connectivity index (χ3v) is 1.75. The van der Waals surface area contributed by atoms with E-state index < -0.39 is 0 Å².